The van der Waals surface area contributed by atoms with Crippen LogP contribution in [0.25, 0.3) is 0 Å². The van der Waals surface area contributed by atoms with Gasteiger partial charge in [-0.2, -0.15) is 0 Å². The minimum Gasteiger partial charge on any atom is -0.422 e. The van der Waals surface area contributed by atoms with E-state index in [4.69, 9.17) is 14.6 Å². The number of carbonyl (C=O) groups is 2. The Bertz CT molecular complexity index is 351. The molecule has 0 aromatic carbocycles. The molecule has 1 N–H and O–H groups in total. The Balaban J connectivity index is 2.10. The molecule has 94 valence electrons. The molecule has 0 radical (unpaired) electrons. The van der Waals surface area contributed by atoms with Gasteiger partial charge in [-0.1, -0.05) is 12.2 Å². The van der Waals surface area contributed by atoms with Crippen molar-refractivity contribution in [2.75, 3.05) is 6.61 Å². The smallest absolute Gasteiger partial charge is 0.324 e. The standard InChI is InChI=1S/C12H16O5/c1-12(2)16-10(14)9(11(15)17-12)8-4-3-7(5-8)6-13/h3-4,7-9,13H,5-6H2,1-2H3/t7-,8+/m1/s1. The van der Waals surface area contributed by atoms with Gasteiger partial charge in [-0.25, -0.2) is 0 Å². The zero-order chi connectivity index (χ0) is 12.6. The van der Waals surface area contributed by atoms with Crippen LogP contribution in [0.5, 0.6) is 0 Å². The molecule has 1 saturated heterocycles. The van der Waals surface area contributed by atoms with Crippen molar-refractivity contribution in [3.05, 3.63) is 12.2 Å². The normalized spacial score (nSPS) is 32.4. The molecule has 2 aliphatic rings. The van der Waals surface area contributed by atoms with Gasteiger partial charge < -0.3 is 14.6 Å². The second kappa shape index (κ2) is 4.14. The Labute approximate surface area is 99.4 Å². The Hall–Kier alpha value is -1.36. The first-order valence-corrected chi connectivity index (χ1v) is 5.68. The fourth-order valence-corrected chi connectivity index (χ4v) is 2.27. The maximum atomic E-state index is 11.8. The largest absolute Gasteiger partial charge is 0.422 e. The molecule has 0 amide bonds. The molecular formula is C12H16O5. The second-order valence-electron chi connectivity index (χ2n) is 4.95. The van der Waals surface area contributed by atoms with E-state index >= 15 is 0 Å². The minimum absolute atomic E-state index is 0.00976. The minimum atomic E-state index is -1.18. The number of allylic oxidation sites excluding steroid dienone is 1. The average Bonchev–Trinajstić information content (AvgIpc) is 2.62. The van der Waals surface area contributed by atoms with Crippen molar-refractivity contribution in [3.63, 3.8) is 0 Å². The highest BCUT2D eigenvalue weighted by molar-refractivity contribution is 5.97. The van der Waals surface area contributed by atoms with Crippen molar-refractivity contribution in [1.29, 1.82) is 0 Å². The molecule has 1 fully saturated rings. The summed E-state index contributed by atoms with van der Waals surface area (Å²) in [5, 5.41) is 9.01. The molecule has 5 heteroatoms. The summed E-state index contributed by atoms with van der Waals surface area (Å²) in [6.07, 6.45) is 4.18. The fourth-order valence-electron chi connectivity index (χ4n) is 2.27. The van der Waals surface area contributed by atoms with Crippen LogP contribution in [0.15, 0.2) is 12.2 Å². The van der Waals surface area contributed by atoms with E-state index in [1.54, 1.807) is 6.08 Å². The van der Waals surface area contributed by atoms with Crippen molar-refractivity contribution >= 4 is 11.9 Å². The predicted octanol–water partition coefficient (Wildman–Crippen LogP) is 0.623. The van der Waals surface area contributed by atoms with Crippen molar-refractivity contribution < 1.29 is 24.2 Å². The van der Waals surface area contributed by atoms with Crippen LogP contribution >= 0.6 is 0 Å². The SMILES string of the molecule is CC1(C)OC(=O)C([C@H]2C=C[C@@H](CO)C2)C(=O)O1. The van der Waals surface area contributed by atoms with E-state index in [0.29, 0.717) is 6.42 Å². The van der Waals surface area contributed by atoms with Gasteiger partial charge in [0.1, 0.15) is 0 Å². The third-order valence-electron chi connectivity index (χ3n) is 3.07. The number of esters is 2. The van der Waals surface area contributed by atoms with E-state index in [-0.39, 0.29) is 18.4 Å². The summed E-state index contributed by atoms with van der Waals surface area (Å²) < 4.78 is 10.1. The number of carbonyl (C=O) groups excluding carboxylic acids is 2. The molecule has 1 aliphatic heterocycles. The van der Waals surface area contributed by atoms with Crippen LogP contribution in [0.4, 0.5) is 0 Å². The zero-order valence-electron chi connectivity index (χ0n) is 9.88. The first-order valence-electron chi connectivity index (χ1n) is 5.68. The van der Waals surface area contributed by atoms with Crippen LogP contribution in [0.1, 0.15) is 20.3 Å². The summed E-state index contributed by atoms with van der Waals surface area (Å²) >= 11 is 0. The van der Waals surface area contributed by atoms with Gasteiger partial charge in [0.15, 0.2) is 5.92 Å². The fraction of sp³-hybridized carbons (Fsp3) is 0.667. The quantitative estimate of drug-likeness (QED) is 0.435. The molecule has 0 saturated carbocycles. The predicted molar refractivity (Wildman–Crippen MR) is 57.6 cm³/mol. The van der Waals surface area contributed by atoms with E-state index in [1.807, 2.05) is 6.08 Å². The van der Waals surface area contributed by atoms with E-state index < -0.39 is 23.6 Å². The van der Waals surface area contributed by atoms with E-state index in [9.17, 15) is 9.59 Å². The van der Waals surface area contributed by atoms with Crippen LogP contribution < -0.4 is 0 Å². The number of hydrogen-bond acceptors (Lipinski definition) is 5. The highest BCUT2D eigenvalue weighted by Gasteiger charge is 2.47. The van der Waals surface area contributed by atoms with Crippen LogP contribution in [0, 0.1) is 17.8 Å². The maximum absolute atomic E-state index is 11.8. The summed E-state index contributed by atoms with van der Waals surface area (Å²) in [6.45, 7) is 3.08. The lowest BCUT2D eigenvalue weighted by molar-refractivity contribution is -0.241. The van der Waals surface area contributed by atoms with Gasteiger partial charge in [-0.05, 0) is 6.42 Å². The zero-order valence-corrected chi connectivity index (χ0v) is 9.88. The van der Waals surface area contributed by atoms with E-state index in [0.717, 1.165) is 0 Å². The van der Waals surface area contributed by atoms with Gasteiger partial charge in [0, 0.05) is 32.3 Å². The molecule has 1 aliphatic carbocycles. The Morgan fingerprint density at radius 1 is 1.29 bits per heavy atom. The van der Waals surface area contributed by atoms with E-state index in [1.165, 1.54) is 13.8 Å². The molecule has 0 bridgehead atoms. The average molecular weight is 240 g/mol. The number of cyclic esters (lactones) is 2. The molecule has 0 aromatic heterocycles. The first kappa shape index (κ1) is 12.1. The Kier molecular flexibility index (Phi) is 2.95. The number of ether oxygens (including phenoxy) is 2. The monoisotopic (exact) mass is 240 g/mol. The summed E-state index contributed by atoms with van der Waals surface area (Å²) in [7, 11) is 0. The molecule has 5 nitrogen and oxygen atoms in total. The highest BCUT2D eigenvalue weighted by atomic mass is 16.7. The summed E-state index contributed by atoms with van der Waals surface area (Å²) in [5.41, 5.74) is 0. The van der Waals surface area contributed by atoms with Crippen molar-refractivity contribution in [1.82, 2.24) is 0 Å². The van der Waals surface area contributed by atoms with Gasteiger partial charge in [0.2, 0.25) is 0 Å². The van der Waals surface area contributed by atoms with Gasteiger partial charge >= 0.3 is 11.9 Å². The molecule has 0 spiro atoms. The summed E-state index contributed by atoms with van der Waals surface area (Å²) in [4.78, 5) is 23.6. The van der Waals surface area contributed by atoms with Crippen LogP contribution in [-0.2, 0) is 19.1 Å². The molecule has 2 atom stereocenters. The van der Waals surface area contributed by atoms with Crippen molar-refractivity contribution in [2.45, 2.75) is 26.1 Å². The summed E-state index contributed by atoms with van der Waals surface area (Å²) in [5.74, 6) is -3.38. The second-order valence-corrected chi connectivity index (χ2v) is 4.95. The third kappa shape index (κ3) is 2.34. The van der Waals surface area contributed by atoms with Gasteiger partial charge in [-0.3, -0.25) is 9.59 Å². The molecular weight excluding hydrogens is 224 g/mol. The van der Waals surface area contributed by atoms with Gasteiger partial charge in [0.05, 0.1) is 0 Å². The molecule has 17 heavy (non-hydrogen) atoms. The molecule has 0 aromatic rings. The number of aliphatic hydroxyl groups is 1. The van der Waals surface area contributed by atoms with Gasteiger partial charge in [0.25, 0.3) is 5.79 Å². The van der Waals surface area contributed by atoms with Gasteiger partial charge in [-0.15, -0.1) is 0 Å². The van der Waals surface area contributed by atoms with E-state index in [2.05, 4.69) is 0 Å². The Morgan fingerprint density at radius 3 is 2.35 bits per heavy atom. The van der Waals surface area contributed by atoms with Crippen molar-refractivity contribution in [3.8, 4) is 0 Å². The number of rotatable bonds is 2. The molecule has 0 unspecified atom stereocenters. The number of hydrogen-bond donors (Lipinski definition) is 1. The van der Waals surface area contributed by atoms with Crippen LogP contribution in [0.2, 0.25) is 0 Å². The van der Waals surface area contributed by atoms with Crippen LogP contribution in [0.3, 0.4) is 0 Å². The lowest BCUT2D eigenvalue weighted by Crippen LogP contribution is -2.48. The Morgan fingerprint density at radius 2 is 1.88 bits per heavy atom. The highest BCUT2D eigenvalue weighted by Crippen LogP contribution is 2.35. The topological polar surface area (TPSA) is 72.8 Å². The first-order chi connectivity index (χ1) is 7.93. The lowest BCUT2D eigenvalue weighted by atomic mass is 9.89. The number of aliphatic hydroxyl groups excluding tert-OH is 1. The lowest BCUT2D eigenvalue weighted by Gasteiger charge is -2.34. The maximum Gasteiger partial charge on any atom is 0.324 e. The molecule has 1 heterocycles. The molecule has 2 rings (SSSR count). The van der Waals surface area contributed by atoms with Crippen molar-refractivity contribution in [2.24, 2.45) is 17.8 Å². The van der Waals surface area contributed by atoms with Crippen LogP contribution in [-0.4, -0.2) is 29.4 Å². The third-order valence-corrected chi connectivity index (χ3v) is 3.07. The summed E-state index contributed by atoms with van der Waals surface area (Å²) in [6, 6.07) is 0.